The molecular weight excluding hydrogens is 290 g/mol. The van der Waals surface area contributed by atoms with E-state index in [1.807, 2.05) is 36.4 Å². The van der Waals surface area contributed by atoms with Crippen LogP contribution in [0.15, 0.2) is 60.7 Å². The fourth-order valence-corrected chi connectivity index (χ4v) is 3.09. The van der Waals surface area contributed by atoms with E-state index in [-0.39, 0.29) is 5.91 Å². The molecule has 0 aromatic heterocycles. The maximum atomic E-state index is 11.9. The maximum Gasteiger partial charge on any atom is 0.220 e. The van der Waals surface area contributed by atoms with Crippen LogP contribution in [0.4, 0.5) is 0 Å². The monoisotopic (exact) mass is 313 g/mol. The molecule has 0 spiro atoms. The van der Waals surface area contributed by atoms with Crippen molar-refractivity contribution in [2.24, 2.45) is 0 Å². The average molecular weight is 313 g/mol. The molecule has 3 heteroatoms. The van der Waals surface area contributed by atoms with Crippen LogP contribution in [0, 0.1) is 0 Å². The van der Waals surface area contributed by atoms with Crippen LogP contribution in [0.5, 0.6) is 0 Å². The molecule has 1 N–H and O–H groups in total. The van der Waals surface area contributed by atoms with Gasteiger partial charge in [-0.3, -0.25) is 4.79 Å². The van der Waals surface area contributed by atoms with Crippen LogP contribution >= 0.6 is 11.8 Å². The van der Waals surface area contributed by atoms with Gasteiger partial charge in [0.2, 0.25) is 5.91 Å². The number of carbonyl (C=O) groups excluding carboxylic acids is 1. The summed E-state index contributed by atoms with van der Waals surface area (Å²) in [5.41, 5.74) is 2.58. The molecule has 1 amide bonds. The number of carbonyl (C=O) groups is 1. The van der Waals surface area contributed by atoms with Gasteiger partial charge in [-0.2, -0.15) is 11.8 Å². The average Bonchev–Trinajstić information content (AvgIpc) is 2.58. The molecule has 0 saturated carbocycles. The van der Waals surface area contributed by atoms with Gasteiger partial charge in [-0.15, -0.1) is 0 Å². The fraction of sp³-hybridized carbons (Fsp3) is 0.316. The van der Waals surface area contributed by atoms with Gasteiger partial charge in [0.25, 0.3) is 0 Å². The summed E-state index contributed by atoms with van der Waals surface area (Å²) < 4.78 is 0. The van der Waals surface area contributed by atoms with Gasteiger partial charge in [0.15, 0.2) is 0 Å². The third-order valence-electron chi connectivity index (χ3n) is 3.56. The Kier molecular flexibility index (Phi) is 7.04. The molecule has 0 bridgehead atoms. The van der Waals surface area contributed by atoms with Gasteiger partial charge < -0.3 is 5.32 Å². The smallest absolute Gasteiger partial charge is 0.220 e. The number of hydrogen-bond acceptors (Lipinski definition) is 2. The van der Waals surface area contributed by atoms with E-state index in [9.17, 15) is 4.79 Å². The predicted molar refractivity (Wildman–Crippen MR) is 95.1 cm³/mol. The van der Waals surface area contributed by atoms with Crippen molar-refractivity contribution in [2.45, 2.75) is 25.0 Å². The molecule has 2 nitrogen and oxygen atoms in total. The van der Waals surface area contributed by atoms with E-state index in [2.05, 4.69) is 36.5 Å². The predicted octanol–water partition coefficient (Wildman–Crippen LogP) is 4.23. The summed E-state index contributed by atoms with van der Waals surface area (Å²) in [5.74, 6) is 2.32. The zero-order valence-electron chi connectivity index (χ0n) is 13.0. The van der Waals surface area contributed by atoms with Crippen LogP contribution in [0.25, 0.3) is 0 Å². The highest BCUT2D eigenvalue weighted by Crippen LogP contribution is 2.14. The lowest BCUT2D eigenvalue weighted by atomic mass is 10.0. The molecule has 1 atom stereocenters. The molecule has 0 fully saturated rings. The van der Waals surface area contributed by atoms with E-state index >= 15 is 0 Å². The highest BCUT2D eigenvalue weighted by molar-refractivity contribution is 7.98. The summed E-state index contributed by atoms with van der Waals surface area (Å²) in [4.78, 5) is 11.9. The molecule has 0 aliphatic carbocycles. The minimum absolute atomic E-state index is 0.142. The van der Waals surface area contributed by atoms with Crippen LogP contribution in [-0.2, 0) is 10.5 Å². The highest BCUT2D eigenvalue weighted by Gasteiger charge is 2.07. The summed E-state index contributed by atoms with van der Waals surface area (Å²) in [6.45, 7) is 2.84. The fourth-order valence-electron chi connectivity index (χ4n) is 2.18. The number of thioether (sulfide) groups is 1. The van der Waals surface area contributed by atoms with E-state index in [4.69, 9.17) is 0 Å². The maximum absolute atomic E-state index is 11.9. The van der Waals surface area contributed by atoms with Gasteiger partial charge in [-0.1, -0.05) is 67.6 Å². The molecule has 0 heterocycles. The Hall–Kier alpha value is -1.74. The van der Waals surface area contributed by atoms with Crippen molar-refractivity contribution in [1.82, 2.24) is 5.32 Å². The van der Waals surface area contributed by atoms with Crippen molar-refractivity contribution in [1.29, 1.82) is 0 Å². The van der Waals surface area contributed by atoms with Crippen molar-refractivity contribution < 1.29 is 4.79 Å². The second-order valence-electron chi connectivity index (χ2n) is 5.40. The number of rotatable bonds is 8. The third-order valence-corrected chi connectivity index (χ3v) is 4.59. The summed E-state index contributed by atoms with van der Waals surface area (Å²) >= 11 is 1.80. The lowest BCUT2D eigenvalue weighted by Crippen LogP contribution is -2.27. The third kappa shape index (κ3) is 5.94. The van der Waals surface area contributed by atoms with E-state index in [1.54, 1.807) is 11.8 Å². The SMILES string of the molecule is C[C@H](CNC(=O)CCSCc1ccccc1)c1ccccc1. The van der Waals surface area contributed by atoms with Gasteiger partial charge in [-0.25, -0.2) is 0 Å². The van der Waals surface area contributed by atoms with Crippen LogP contribution < -0.4 is 5.32 Å². The lowest BCUT2D eigenvalue weighted by Gasteiger charge is -2.13. The number of nitrogens with one attached hydrogen (secondary N) is 1. The molecule has 0 radical (unpaired) electrons. The first-order valence-corrected chi connectivity index (χ1v) is 8.84. The van der Waals surface area contributed by atoms with Crippen molar-refractivity contribution in [3.63, 3.8) is 0 Å². The van der Waals surface area contributed by atoms with Crippen molar-refractivity contribution in [2.75, 3.05) is 12.3 Å². The Morgan fingerprint density at radius 1 is 1.05 bits per heavy atom. The van der Waals surface area contributed by atoms with Crippen LogP contribution in [-0.4, -0.2) is 18.2 Å². The number of benzene rings is 2. The zero-order valence-corrected chi connectivity index (χ0v) is 13.8. The van der Waals surface area contributed by atoms with E-state index in [1.165, 1.54) is 11.1 Å². The van der Waals surface area contributed by atoms with Gasteiger partial charge in [0.05, 0.1) is 0 Å². The number of hydrogen-bond donors (Lipinski definition) is 1. The molecular formula is C19H23NOS. The molecule has 2 aromatic carbocycles. The van der Waals surface area contributed by atoms with E-state index in [0.717, 1.165) is 11.5 Å². The largest absolute Gasteiger partial charge is 0.355 e. The first kappa shape index (κ1) is 16.6. The molecule has 0 unspecified atom stereocenters. The second-order valence-corrected chi connectivity index (χ2v) is 6.51. The Bertz CT molecular complexity index is 556. The Morgan fingerprint density at radius 2 is 1.68 bits per heavy atom. The molecule has 0 aliphatic heterocycles. The first-order chi connectivity index (χ1) is 10.8. The van der Waals surface area contributed by atoms with Crippen molar-refractivity contribution in [3.8, 4) is 0 Å². The molecule has 116 valence electrons. The lowest BCUT2D eigenvalue weighted by molar-refractivity contribution is -0.120. The van der Waals surface area contributed by atoms with Gasteiger partial charge in [-0.05, 0) is 17.0 Å². The molecule has 2 aromatic rings. The molecule has 22 heavy (non-hydrogen) atoms. The number of amides is 1. The Labute approximate surface area is 137 Å². The normalized spacial score (nSPS) is 11.9. The van der Waals surface area contributed by atoms with Crippen LogP contribution in [0.2, 0.25) is 0 Å². The first-order valence-electron chi connectivity index (χ1n) is 7.69. The van der Waals surface area contributed by atoms with Gasteiger partial charge in [0, 0.05) is 24.5 Å². The van der Waals surface area contributed by atoms with E-state index in [0.29, 0.717) is 18.9 Å². The standard InChI is InChI=1S/C19H23NOS/c1-16(18-10-6-3-7-11-18)14-20-19(21)12-13-22-15-17-8-4-2-5-9-17/h2-11,16H,12-15H2,1H3,(H,20,21)/t16-/m1/s1. The van der Waals surface area contributed by atoms with Gasteiger partial charge >= 0.3 is 0 Å². The zero-order chi connectivity index (χ0) is 15.6. The van der Waals surface area contributed by atoms with E-state index < -0.39 is 0 Å². The van der Waals surface area contributed by atoms with Crippen molar-refractivity contribution in [3.05, 3.63) is 71.8 Å². The summed E-state index contributed by atoms with van der Waals surface area (Å²) in [7, 11) is 0. The Balaban J connectivity index is 1.60. The molecule has 2 rings (SSSR count). The van der Waals surface area contributed by atoms with Crippen LogP contribution in [0.3, 0.4) is 0 Å². The molecule has 0 aliphatic rings. The van der Waals surface area contributed by atoms with Gasteiger partial charge in [0.1, 0.15) is 0 Å². The Morgan fingerprint density at radius 3 is 2.36 bits per heavy atom. The summed E-state index contributed by atoms with van der Waals surface area (Å²) in [6, 6.07) is 20.7. The minimum Gasteiger partial charge on any atom is -0.355 e. The van der Waals surface area contributed by atoms with Crippen molar-refractivity contribution >= 4 is 17.7 Å². The summed E-state index contributed by atoms with van der Waals surface area (Å²) in [6.07, 6.45) is 0.582. The quantitative estimate of drug-likeness (QED) is 0.739. The second kappa shape index (κ2) is 9.31. The highest BCUT2D eigenvalue weighted by atomic mass is 32.2. The topological polar surface area (TPSA) is 29.1 Å². The minimum atomic E-state index is 0.142. The molecule has 0 saturated heterocycles. The summed E-state index contributed by atoms with van der Waals surface area (Å²) in [5, 5.41) is 3.03. The van der Waals surface area contributed by atoms with Crippen LogP contribution in [0.1, 0.15) is 30.4 Å².